The Labute approximate surface area is 132 Å². The van der Waals surface area contributed by atoms with Crippen LogP contribution in [-0.4, -0.2) is 40.9 Å². The number of imide groups is 1. The monoisotopic (exact) mass is 309 g/mol. The molecule has 2 fully saturated rings. The minimum Gasteiger partial charge on any atom is -0.352 e. The summed E-state index contributed by atoms with van der Waals surface area (Å²) in [5.74, 6) is 0.190. The first-order chi connectivity index (χ1) is 10.4. The Morgan fingerprint density at radius 1 is 1.23 bits per heavy atom. The van der Waals surface area contributed by atoms with Crippen molar-refractivity contribution in [3.05, 3.63) is 0 Å². The van der Waals surface area contributed by atoms with E-state index >= 15 is 0 Å². The van der Waals surface area contributed by atoms with Gasteiger partial charge in [-0.05, 0) is 44.4 Å². The molecule has 2 rings (SSSR count). The third kappa shape index (κ3) is 3.25. The minimum absolute atomic E-state index is 0.173. The molecule has 0 unspecified atom stereocenters. The van der Waals surface area contributed by atoms with Crippen molar-refractivity contribution in [1.82, 2.24) is 15.5 Å². The van der Waals surface area contributed by atoms with Gasteiger partial charge in [0.2, 0.25) is 5.91 Å². The molecule has 22 heavy (non-hydrogen) atoms. The first kappa shape index (κ1) is 16.8. The zero-order valence-corrected chi connectivity index (χ0v) is 13.8. The van der Waals surface area contributed by atoms with Crippen molar-refractivity contribution >= 4 is 17.8 Å². The lowest BCUT2D eigenvalue weighted by Gasteiger charge is -2.27. The Hall–Kier alpha value is -1.59. The Balaban J connectivity index is 1.91. The van der Waals surface area contributed by atoms with Crippen LogP contribution in [0.25, 0.3) is 0 Å². The van der Waals surface area contributed by atoms with E-state index in [0.717, 1.165) is 30.6 Å². The molecule has 2 aliphatic rings. The fraction of sp³-hybridized carbons (Fsp3) is 0.812. The molecule has 1 aliphatic carbocycles. The normalized spacial score (nSPS) is 27.7. The Bertz CT molecular complexity index is 452. The van der Waals surface area contributed by atoms with Crippen LogP contribution >= 0.6 is 0 Å². The summed E-state index contributed by atoms with van der Waals surface area (Å²) in [4.78, 5) is 37.6. The molecule has 0 spiro atoms. The molecule has 1 aliphatic heterocycles. The summed E-state index contributed by atoms with van der Waals surface area (Å²) in [5.41, 5.74) is -0.836. The average Bonchev–Trinajstić information content (AvgIpc) is 2.74. The molecular formula is C16H27N3O3. The van der Waals surface area contributed by atoms with Crippen molar-refractivity contribution in [3.63, 3.8) is 0 Å². The molecule has 0 aromatic heterocycles. The van der Waals surface area contributed by atoms with Gasteiger partial charge in [-0.1, -0.05) is 20.8 Å². The van der Waals surface area contributed by atoms with Gasteiger partial charge in [-0.15, -0.1) is 0 Å². The highest BCUT2D eigenvalue weighted by atomic mass is 16.2. The van der Waals surface area contributed by atoms with Crippen LogP contribution in [0.2, 0.25) is 0 Å². The van der Waals surface area contributed by atoms with Crippen molar-refractivity contribution in [3.8, 4) is 0 Å². The number of carbonyl (C=O) groups is 3. The predicted molar refractivity (Wildman–Crippen MR) is 83.1 cm³/mol. The van der Waals surface area contributed by atoms with Crippen LogP contribution in [0, 0.1) is 5.92 Å². The number of nitrogens with one attached hydrogen (secondary N) is 2. The molecule has 1 heterocycles. The van der Waals surface area contributed by atoms with Crippen LogP contribution in [0.1, 0.15) is 59.3 Å². The van der Waals surface area contributed by atoms with Gasteiger partial charge in [0.15, 0.2) is 0 Å². The quantitative estimate of drug-likeness (QED) is 0.760. The van der Waals surface area contributed by atoms with E-state index in [1.54, 1.807) is 0 Å². The standard InChI is InChI=1S/C16H27N3O3/c1-4-16(5-2)14(21)19(15(22)18-16)10-13(20)17-12-8-6-11(3)7-9-12/h11-12H,4-10H2,1-3H3,(H,17,20)(H,18,22). The van der Waals surface area contributed by atoms with Gasteiger partial charge in [0.05, 0.1) is 0 Å². The maximum absolute atomic E-state index is 12.4. The molecule has 6 heteroatoms. The molecule has 0 atom stereocenters. The number of hydrogen-bond donors (Lipinski definition) is 2. The molecule has 0 aromatic carbocycles. The van der Waals surface area contributed by atoms with E-state index in [-0.39, 0.29) is 24.4 Å². The maximum atomic E-state index is 12.4. The summed E-state index contributed by atoms with van der Waals surface area (Å²) >= 11 is 0. The van der Waals surface area contributed by atoms with E-state index < -0.39 is 11.6 Å². The van der Waals surface area contributed by atoms with Crippen LogP contribution in [0.5, 0.6) is 0 Å². The van der Waals surface area contributed by atoms with E-state index in [9.17, 15) is 14.4 Å². The van der Waals surface area contributed by atoms with Gasteiger partial charge < -0.3 is 10.6 Å². The summed E-state index contributed by atoms with van der Waals surface area (Å²) < 4.78 is 0. The second-order valence-electron chi connectivity index (χ2n) is 6.63. The topological polar surface area (TPSA) is 78.5 Å². The van der Waals surface area contributed by atoms with Crippen molar-refractivity contribution < 1.29 is 14.4 Å². The lowest BCUT2D eigenvalue weighted by atomic mass is 9.87. The van der Waals surface area contributed by atoms with Crippen LogP contribution in [0.15, 0.2) is 0 Å². The lowest BCUT2D eigenvalue weighted by molar-refractivity contribution is -0.135. The van der Waals surface area contributed by atoms with Crippen molar-refractivity contribution in [2.45, 2.75) is 70.9 Å². The second-order valence-corrected chi connectivity index (χ2v) is 6.63. The fourth-order valence-electron chi connectivity index (χ4n) is 3.37. The fourth-order valence-corrected chi connectivity index (χ4v) is 3.37. The Morgan fingerprint density at radius 2 is 1.82 bits per heavy atom. The first-order valence-corrected chi connectivity index (χ1v) is 8.35. The summed E-state index contributed by atoms with van der Waals surface area (Å²) in [5, 5.41) is 5.70. The lowest BCUT2D eigenvalue weighted by Crippen LogP contribution is -2.47. The van der Waals surface area contributed by atoms with Crippen molar-refractivity contribution in [1.29, 1.82) is 0 Å². The zero-order valence-electron chi connectivity index (χ0n) is 13.8. The molecule has 0 aromatic rings. The molecular weight excluding hydrogens is 282 g/mol. The van der Waals surface area contributed by atoms with Crippen molar-refractivity contribution in [2.24, 2.45) is 5.92 Å². The average molecular weight is 309 g/mol. The van der Waals surface area contributed by atoms with E-state index in [1.807, 2.05) is 13.8 Å². The summed E-state index contributed by atoms with van der Waals surface area (Å²) in [6.45, 7) is 5.78. The van der Waals surface area contributed by atoms with Gasteiger partial charge in [0.1, 0.15) is 12.1 Å². The molecule has 2 N–H and O–H groups in total. The largest absolute Gasteiger partial charge is 0.352 e. The molecule has 4 amide bonds. The molecule has 1 saturated heterocycles. The van der Waals surface area contributed by atoms with Gasteiger partial charge >= 0.3 is 6.03 Å². The number of urea groups is 1. The molecule has 6 nitrogen and oxygen atoms in total. The first-order valence-electron chi connectivity index (χ1n) is 8.35. The third-order valence-electron chi connectivity index (χ3n) is 5.14. The molecule has 0 radical (unpaired) electrons. The Morgan fingerprint density at radius 3 is 2.32 bits per heavy atom. The number of carbonyl (C=O) groups excluding carboxylic acids is 3. The van der Waals surface area contributed by atoms with Gasteiger partial charge in [0.25, 0.3) is 5.91 Å². The number of nitrogens with zero attached hydrogens (tertiary/aromatic N) is 1. The van der Waals surface area contributed by atoms with Crippen LogP contribution in [0.3, 0.4) is 0 Å². The van der Waals surface area contributed by atoms with E-state index in [4.69, 9.17) is 0 Å². The minimum atomic E-state index is -0.836. The van der Waals surface area contributed by atoms with Crippen LogP contribution in [0.4, 0.5) is 4.79 Å². The van der Waals surface area contributed by atoms with Gasteiger partial charge in [-0.25, -0.2) is 4.79 Å². The van der Waals surface area contributed by atoms with E-state index in [0.29, 0.717) is 18.8 Å². The Kier molecular flexibility index (Phi) is 5.08. The summed E-state index contributed by atoms with van der Waals surface area (Å²) in [6, 6.07) is -0.285. The van der Waals surface area contributed by atoms with Gasteiger partial charge in [0, 0.05) is 6.04 Å². The smallest absolute Gasteiger partial charge is 0.325 e. The van der Waals surface area contributed by atoms with E-state index in [2.05, 4.69) is 17.6 Å². The van der Waals surface area contributed by atoms with Crippen LogP contribution < -0.4 is 10.6 Å². The van der Waals surface area contributed by atoms with Gasteiger partial charge in [-0.3, -0.25) is 14.5 Å². The second kappa shape index (κ2) is 6.67. The number of hydrogen-bond acceptors (Lipinski definition) is 3. The highest BCUT2D eigenvalue weighted by Crippen LogP contribution is 2.25. The SMILES string of the molecule is CCC1(CC)NC(=O)N(CC(=O)NC2CCC(C)CC2)C1=O. The number of rotatable bonds is 5. The highest BCUT2D eigenvalue weighted by molar-refractivity contribution is 6.08. The molecule has 1 saturated carbocycles. The molecule has 0 bridgehead atoms. The highest BCUT2D eigenvalue weighted by Gasteiger charge is 2.49. The van der Waals surface area contributed by atoms with Gasteiger partial charge in [-0.2, -0.15) is 0 Å². The summed E-state index contributed by atoms with van der Waals surface area (Å²) in [6.07, 6.45) is 5.24. The van der Waals surface area contributed by atoms with E-state index in [1.165, 1.54) is 0 Å². The third-order valence-corrected chi connectivity index (χ3v) is 5.14. The summed E-state index contributed by atoms with van der Waals surface area (Å²) in [7, 11) is 0. The zero-order chi connectivity index (χ0) is 16.3. The van der Waals surface area contributed by atoms with Crippen molar-refractivity contribution in [2.75, 3.05) is 6.54 Å². The predicted octanol–water partition coefficient (Wildman–Crippen LogP) is 1.79. The maximum Gasteiger partial charge on any atom is 0.325 e. The number of amides is 4. The molecule has 124 valence electrons. The van der Waals surface area contributed by atoms with Crippen LogP contribution in [-0.2, 0) is 9.59 Å².